The van der Waals surface area contributed by atoms with Crippen LogP contribution < -0.4 is 0 Å². The maximum absolute atomic E-state index is 11.5. The lowest BCUT2D eigenvalue weighted by atomic mass is 10.1. The zero-order valence-electron chi connectivity index (χ0n) is 7.82. The number of methoxy groups -OCH3 is 1. The van der Waals surface area contributed by atoms with Crippen molar-refractivity contribution in [2.24, 2.45) is 0 Å². The molecule has 0 aliphatic carbocycles. The van der Waals surface area contributed by atoms with Crippen LogP contribution in [0.3, 0.4) is 0 Å². The third kappa shape index (κ3) is 3.38. The van der Waals surface area contributed by atoms with Gasteiger partial charge in [0.25, 0.3) is 0 Å². The fourth-order valence-electron chi connectivity index (χ4n) is 1.15. The molecule has 0 N–H and O–H groups in total. The van der Waals surface area contributed by atoms with Crippen molar-refractivity contribution < 1.29 is 9.53 Å². The van der Waals surface area contributed by atoms with Crippen LogP contribution in [-0.2, 0) is 4.74 Å². The normalized spacial score (nSPS) is 9.92. The average Bonchev–Trinajstić information content (AvgIpc) is 2.19. The summed E-state index contributed by atoms with van der Waals surface area (Å²) in [6, 6.07) is 9.35. The van der Waals surface area contributed by atoms with E-state index in [0.29, 0.717) is 13.0 Å². The number of rotatable bonds is 5. The molecular formula is C11H14O2. The van der Waals surface area contributed by atoms with Crippen LogP contribution in [0, 0.1) is 0 Å². The van der Waals surface area contributed by atoms with Gasteiger partial charge in [-0.05, 0) is 6.42 Å². The molecule has 0 saturated carbocycles. The van der Waals surface area contributed by atoms with Gasteiger partial charge in [-0.25, -0.2) is 0 Å². The van der Waals surface area contributed by atoms with Crippen LogP contribution in [0.25, 0.3) is 0 Å². The summed E-state index contributed by atoms with van der Waals surface area (Å²) < 4.78 is 4.88. The van der Waals surface area contributed by atoms with Gasteiger partial charge in [0.15, 0.2) is 5.78 Å². The minimum absolute atomic E-state index is 0.192. The summed E-state index contributed by atoms with van der Waals surface area (Å²) in [6.45, 7) is 0.651. The van der Waals surface area contributed by atoms with Crippen LogP contribution in [0.4, 0.5) is 0 Å². The second-order valence-corrected chi connectivity index (χ2v) is 2.89. The van der Waals surface area contributed by atoms with Crippen molar-refractivity contribution in [2.75, 3.05) is 13.7 Å². The van der Waals surface area contributed by atoms with Crippen LogP contribution in [-0.4, -0.2) is 19.5 Å². The van der Waals surface area contributed by atoms with Crippen molar-refractivity contribution in [1.82, 2.24) is 0 Å². The zero-order valence-corrected chi connectivity index (χ0v) is 7.82. The second-order valence-electron chi connectivity index (χ2n) is 2.89. The summed E-state index contributed by atoms with van der Waals surface area (Å²) in [5, 5.41) is 0. The molecule has 2 nitrogen and oxygen atoms in total. The number of benzene rings is 1. The summed E-state index contributed by atoms with van der Waals surface area (Å²) in [5.41, 5.74) is 0.790. The summed E-state index contributed by atoms with van der Waals surface area (Å²) in [5.74, 6) is 0.192. The number of ketones is 1. The average molecular weight is 178 g/mol. The Morgan fingerprint density at radius 3 is 2.62 bits per heavy atom. The van der Waals surface area contributed by atoms with Gasteiger partial charge in [0, 0.05) is 25.7 Å². The van der Waals surface area contributed by atoms with E-state index in [4.69, 9.17) is 4.74 Å². The van der Waals surface area contributed by atoms with Crippen molar-refractivity contribution in [3.63, 3.8) is 0 Å². The van der Waals surface area contributed by atoms with E-state index in [-0.39, 0.29) is 5.78 Å². The van der Waals surface area contributed by atoms with Crippen molar-refractivity contribution >= 4 is 5.78 Å². The van der Waals surface area contributed by atoms with Gasteiger partial charge in [-0.2, -0.15) is 0 Å². The molecule has 0 aliphatic heterocycles. The molecular weight excluding hydrogens is 164 g/mol. The minimum atomic E-state index is 0.192. The fourth-order valence-corrected chi connectivity index (χ4v) is 1.15. The lowest BCUT2D eigenvalue weighted by Gasteiger charge is -1.99. The Morgan fingerprint density at radius 2 is 2.00 bits per heavy atom. The first-order valence-electron chi connectivity index (χ1n) is 4.42. The van der Waals surface area contributed by atoms with Crippen molar-refractivity contribution in [1.29, 1.82) is 0 Å². The summed E-state index contributed by atoms with van der Waals surface area (Å²) in [6.07, 6.45) is 1.36. The summed E-state index contributed by atoms with van der Waals surface area (Å²) >= 11 is 0. The molecule has 0 spiro atoms. The molecule has 70 valence electrons. The quantitative estimate of drug-likeness (QED) is 0.511. The van der Waals surface area contributed by atoms with Crippen LogP contribution in [0.15, 0.2) is 30.3 Å². The zero-order chi connectivity index (χ0) is 9.52. The number of hydrogen-bond donors (Lipinski definition) is 0. The highest BCUT2D eigenvalue weighted by Gasteiger charge is 2.03. The predicted molar refractivity (Wildman–Crippen MR) is 51.9 cm³/mol. The van der Waals surface area contributed by atoms with Crippen LogP contribution in [0.5, 0.6) is 0 Å². The first kappa shape index (κ1) is 9.93. The molecule has 2 heteroatoms. The molecule has 0 atom stereocenters. The third-order valence-corrected chi connectivity index (χ3v) is 1.85. The fraction of sp³-hybridized carbons (Fsp3) is 0.364. The monoisotopic (exact) mass is 178 g/mol. The van der Waals surface area contributed by atoms with E-state index in [0.717, 1.165) is 12.0 Å². The molecule has 0 fully saturated rings. The van der Waals surface area contributed by atoms with Gasteiger partial charge >= 0.3 is 0 Å². The van der Waals surface area contributed by atoms with E-state index >= 15 is 0 Å². The smallest absolute Gasteiger partial charge is 0.162 e. The Bertz CT molecular complexity index is 254. The maximum atomic E-state index is 11.5. The Morgan fingerprint density at radius 1 is 1.31 bits per heavy atom. The number of ether oxygens (including phenoxy) is 1. The summed E-state index contributed by atoms with van der Waals surface area (Å²) in [7, 11) is 1.65. The highest BCUT2D eigenvalue weighted by atomic mass is 16.5. The van der Waals surface area contributed by atoms with Gasteiger partial charge in [-0.1, -0.05) is 30.3 Å². The minimum Gasteiger partial charge on any atom is -0.385 e. The molecule has 0 radical (unpaired) electrons. The number of hydrogen-bond acceptors (Lipinski definition) is 2. The largest absolute Gasteiger partial charge is 0.385 e. The van der Waals surface area contributed by atoms with Gasteiger partial charge in [0.05, 0.1) is 0 Å². The van der Waals surface area contributed by atoms with E-state index in [9.17, 15) is 4.79 Å². The van der Waals surface area contributed by atoms with E-state index in [1.165, 1.54) is 0 Å². The van der Waals surface area contributed by atoms with E-state index in [1.54, 1.807) is 7.11 Å². The highest BCUT2D eigenvalue weighted by molar-refractivity contribution is 5.95. The van der Waals surface area contributed by atoms with Crippen molar-refractivity contribution in [3.05, 3.63) is 35.9 Å². The van der Waals surface area contributed by atoms with Crippen LogP contribution in [0.1, 0.15) is 23.2 Å². The number of Topliss-reactive ketones (excluding diaryl/α,β-unsaturated/α-hetero) is 1. The van der Waals surface area contributed by atoms with E-state index in [2.05, 4.69) is 0 Å². The molecule has 0 heterocycles. The van der Waals surface area contributed by atoms with Crippen LogP contribution >= 0.6 is 0 Å². The Labute approximate surface area is 78.5 Å². The van der Waals surface area contributed by atoms with Crippen molar-refractivity contribution in [3.8, 4) is 0 Å². The standard InChI is InChI=1S/C11H14O2/c1-13-9-5-8-11(12)10-6-3-2-4-7-10/h2-4,6-7H,5,8-9H2,1H3. The molecule has 0 unspecified atom stereocenters. The van der Waals surface area contributed by atoms with Gasteiger partial charge < -0.3 is 4.74 Å². The summed E-state index contributed by atoms with van der Waals surface area (Å²) in [4.78, 5) is 11.5. The van der Waals surface area contributed by atoms with Gasteiger partial charge in [0.1, 0.15) is 0 Å². The van der Waals surface area contributed by atoms with E-state index in [1.807, 2.05) is 30.3 Å². The molecule has 1 rings (SSSR count). The lowest BCUT2D eigenvalue weighted by Crippen LogP contribution is -2.00. The Kier molecular flexibility index (Phi) is 4.19. The second kappa shape index (κ2) is 5.49. The van der Waals surface area contributed by atoms with Gasteiger partial charge in [-0.15, -0.1) is 0 Å². The molecule has 0 aromatic heterocycles. The predicted octanol–water partition coefficient (Wildman–Crippen LogP) is 2.30. The van der Waals surface area contributed by atoms with Crippen LogP contribution in [0.2, 0.25) is 0 Å². The molecule has 13 heavy (non-hydrogen) atoms. The SMILES string of the molecule is COCCCC(=O)c1ccccc1. The molecule has 1 aromatic rings. The Balaban J connectivity index is 2.40. The molecule has 0 saturated heterocycles. The van der Waals surface area contributed by atoms with Gasteiger partial charge in [0.2, 0.25) is 0 Å². The molecule has 1 aromatic carbocycles. The van der Waals surface area contributed by atoms with Gasteiger partial charge in [-0.3, -0.25) is 4.79 Å². The first-order valence-corrected chi connectivity index (χ1v) is 4.42. The molecule has 0 aliphatic rings. The first-order chi connectivity index (χ1) is 6.34. The topological polar surface area (TPSA) is 26.3 Å². The van der Waals surface area contributed by atoms with Crippen molar-refractivity contribution in [2.45, 2.75) is 12.8 Å². The number of carbonyl (C=O) groups is 1. The Hall–Kier alpha value is -1.15. The lowest BCUT2D eigenvalue weighted by molar-refractivity contribution is 0.0963. The maximum Gasteiger partial charge on any atom is 0.162 e. The molecule has 0 amide bonds. The highest BCUT2D eigenvalue weighted by Crippen LogP contribution is 2.04. The van der Waals surface area contributed by atoms with E-state index < -0.39 is 0 Å². The number of carbonyl (C=O) groups excluding carboxylic acids is 1. The molecule has 0 bridgehead atoms. The third-order valence-electron chi connectivity index (χ3n) is 1.85.